The van der Waals surface area contributed by atoms with Gasteiger partial charge in [-0.15, -0.1) is 0 Å². The molecule has 2 N–H and O–H groups in total. The van der Waals surface area contributed by atoms with E-state index in [-0.39, 0.29) is 17.7 Å². The molecule has 5 nitrogen and oxygen atoms in total. The number of rotatable bonds is 8. The summed E-state index contributed by atoms with van der Waals surface area (Å²) in [6, 6.07) is 8.52. The van der Waals surface area contributed by atoms with Crippen LogP contribution in [0.3, 0.4) is 0 Å². The number of carboxylic acids is 1. The van der Waals surface area contributed by atoms with Crippen molar-refractivity contribution in [3.63, 3.8) is 0 Å². The van der Waals surface area contributed by atoms with Gasteiger partial charge in [0.15, 0.2) is 0 Å². The molecule has 1 aromatic carbocycles. The molecule has 1 aromatic rings. The van der Waals surface area contributed by atoms with Gasteiger partial charge < -0.3 is 15.2 Å². The second kappa shape index (κ2) is 8.29. The molecule has 0 heterocycles. The summed E-state index contributed by atoms with van der Waals surface area (Å²) in [6.07, 6.45) is 0.533. The van der Waals surface area contributed by atoms with E-state index in [0.29, 0.717) is 13.0 Å². The number of hydrogen-bond acceptors (Lipinski definition) is 3. The molecule has 0 fully saturated rings. The van der Waals surface area contributed by atoms with E-state index >= 15 is 0 Å². The first-order valence-corrected chi connectivity index (χ1v) is 7.12. The maximum atomic E-state index is 12.0. The van der Waals surface area contributed by atoms with Gasteiger partial charge in [-0.1, -0.05) is 39.0 Å². The fourth-order valence-electron chi connectivity index (χ4n) is 1.81. The number of aliphatic carboxylic acids is 1. The number of amides is 1. The number of carbonyl (C=O) groups excluding carboxylic acids is 1. The van der Waals surface area contributed by atoms with Crippen LogP contribution in [0.5, 0.6) is 5.75 Å². The van der Waals surface area contributed by atoms with Crippen LogP contribution in [-0.4, -0.2) is 29.6 Å². The van der Waals surface area contributed by atoms with Gasteiger partial charge in [-0.25, -0.2) is 4.79 Å². The maximum absolute atomic E-state index is 12.0. The highest BCUT2D eigenvalue weighted by molar-refractivity contribution is 5.84. The van der Waals surface area contributed by atoms with Crippen LogP contribution in [0.4, 0.5) is 0 Å². The number of nitrogens with one attached hydrogen (secondary N) is 1. The molecule has 1 rings (SSSR count). The van der Waals surface area contributed by atoms with Gasteiger partial charge in [0.05, 0.1) is 6.61 Å². The molecule has 0 aromatic heterocycles. The minimum atomic E-state index is -1.01. The number of benzene rings is 1. The van der Waals surface area contributed by atoms with Crippen LogP contribution in [0.25, 0.3) is 0 Å². The second-order valence-corrected chi connectivity index (χ2v) is 5.42. The Kier molecular flexibility index (Phi) is 6.72. The lowest BCUT2D eigenvalue weighted by Gasteiger charge is -2.20. The summed E-state index contributed by atoms with van der Waals surface area (Å²) < 4.78 is 5.53. The second-order valence-electron chi connectivity index (χ2n) is 5.42. The van der Waals surface area contributed by atoms with Crippen LogP contribution in [-0.2, 0) is 9.59 Å². The van der Waals surface area contributed by atoms with Crippen LogP contribution in [0.2, 0.25) is 0 Å². The van der Waals surface area contributed by atoms with Gasteiger partial charge in [0.25, 0.3) is 0 Å². The average Bonchev–Trinajstić information content (AvgIpc) is 2.44. The standard InChI is InChI=1S/C16H23NO4/c1-11(2)14(16(19)20)17-15(18)12(3)9-10-21-13-7-5-4-6-8-13/h4-8,11-12,14H,9-10H2,1-3H3,(H,17,18)(H,19,20). The summed E-state index contributed by atoms with van der Waals surface area (Å²) in [5.74, 6) is -0.955. The van der Waals surface area contributed by atoms with Gasteiger partial charge in [-0.05, 0) is 24.5 Å². The van der Waals surface area contributed by atoms with Gasteiger partial charge in [0, 0.05) is 5.92 Å². The van der Waals surface area contributed by atoms with E-state index in [4.69, 9.17) is 9.84 Å². The molecular formula is C16H23NO4. The fraction of sp³-hybridized carbons (Fsp3) is 0.500. The Morgan fingerprint density at radius 3 is 2.33 bits per heavy atom. The Bertz CT molecular complexity index is 459. The smallest absolute Gasteiger partial charge is 0.326 e. The molecule has 0 radical (unpaired) electrons. The first kappa shape index (κ1) is 17.0. The third-order valence-corrected chi connectivity index (χ3v) is 3.24. The largest absolute Gasteiger partial charge is 0.494 e. The minimum Gasteiger partial charge on any atom is -0.494 e. The fourth-order valence-corrected chi connectivity index (χ4v) is 1.81. The molecule has 0 saturated heterocycles. The van der Waals surface area contributed by atoms with E-state index in [1.165, 1.54) is 0 Å². The van der Waals surface area contributed by atoms with Crippen molar-refractivity contribution in [2.45, 2.75) is 33.2 Å². The highest BCUT2D eigenvalue weighted by Gasteiger charge is 2.25. The normalized spacial score (nSPS) is 13.5. The monoisotopic (exact) mass is 293 g/mol. The summed E-state index contributed by atoms with van der Waals surface area (Å²) in [5.41, 5.74) is 0. The number of carboxylic acid groups (broad SMARTS) is 1. The number of ether oxygens (including phenoxy) is 1. The summed E-state index contributed by atoms with van der Waals surface area (Å²) in [6.45, 7) is 5.71. The number of hydrogen-bond donors (Lipinski definition) is 2. The molecular weight excluding hydrogens is 270 g/mol. The van der Waals surface area contributed by atoms with Crippen molar-refractivity contribution in [1.29, 1.82) is 0 Å². The number of para-hydroxylation sites is 1. The zero-order valence-electron chi connectivity index (χ0n) is 12.7. The molecule has 116 valence electrons. The van der Waals surface area contributed by atoms with Crippen LogP contribution >= 0.6 is 0 Å². The Labute approximate surface area is 125 Å². The van der Waals surface area contributed by atoms with Crippen molar-refractivity contribution >= 4 is 11.9 Å². The Morgan fingerprint density at radius 1 is 1.19 bits per heavy atom. The molecule has 0 aliphatic rings. The maximum Gasteiger partial charge on any atom is 0.326 e. The summed E-state index contributed by atoms with van der Waals surface area (Å²) in [4.78, 5) is 23.0. The molecule has 0 spiro atoms. The molecule has 5 heteroatoms. The molecule has 0 saturated carbocycles. The first-order valence-electron chi connectivity index (χ1n) is 7.12. The lowest BCUT2D eigenvalue weighted by molar-refractivity contribution is -0.143. The lowest BCUT2D eigenvalue weighted by Crippen LogP contribution is -2.46. The van der Waals surface area contributed by atoms with Crippen LogP contribution in [0.1, 0.15) is 27.2 Å². The molecule has 0 aliphatic heterocycles. The van der Waals surface area contributed by atoms with E-state index in [9.17, 15) is 9.59 Å². The van der Waals surface area contributed by atoms with Crippen LogP contribution in [0, 0.1) is 11.8 Å². The Morgan fingerprint density at radius 2 is 1.81 bits per heavy atom. The van der Waals surface area contributed by atoms with Crippen molar-refractivity contribution in [1.82, 2.24) is 5.32 Å². The van der Waals surface area contributed by atoms with E-state index < -0.39 is 12.0 Å². The van der Waals surface area contributed by atoms with Crippen molar-refractivity contribution in [2.24, 2.45) is 11.8 Å². The third-order valence-electron chi connectivity index (χ3n) is 3.24. The van der Waals surface area contributed by atoms with Crippen LogP contribution < -0.4 is 10.1 Å². The highest BCUT2D eigenvalue weighted by Crippen LogP contribution is 2.11. The van der Waals surface area contributed by atoms with Gasteiger partial charge in [0.1, 0.15) is 11.8 Å². The first-order chi connectivity index (χ1) is 9.91. The molecule has 1 amide bonds. The highest BCUT2D eigenvalue weighted by atomic mass is 16.5. The van der Waals surface area contributed by atoms with Gasteiger partial charge >= 0.3 is 5.97 Å². The summed E-state index contributed by atoms with van der Waals surface area (Å²) in [7, 11) is 0. The molecule has 21 heavy (non-hydrogen) atoms. The zero-order valence-corrected chi connectivity index (χ0v) is 12.7. The van der Waals surface area contributed by atoms with E-state index in [2.05, 4.69) is 5.32 Å². The van der Waals surface area contributed by atoms with Gasteiger partial charge in [0.2, 0.25) is 5.91 Å². The zero-order chi connectivity index (χ0) is 15.8. The van der Waals surface area contributed by atoms with Crippen LogP contribution in [0.15, 0.2) is 30.3 Å². The van der Waals surface area contributed by atoms with E-state index in [1.54, 1.807) is 20.8 Å². The molecule has 2 atom stereocenters. The SMILES string of the molecule is CC(CCOc1ccccc1)C(=O)NC(C(=O)O)C(C)C. The van der Waals surface area contributed by atoms with E-state index in [1.807, 2.05) is 30.3 Å². The van der Waals surface area contributed by atoms with Gasteiger partial charge in [-0.3, -0.25) is 4.79 Å². The van der Waals surface area contributed by atoms with E-state index in [0.717, 1.165) is 5.75 Å². The summed E-state index contributed by atoms with van der Waals surface area (Å²) in [5, 5.41) is 11.6. The van der Waals surface area contributed by atoms with Crippen molar-refractivity contribution < 1.29 is 19.4 Å². The van der Waals surface area contributed by atoms with Crippen molar-refractivity contribution in [2.75, 3.05) is 6.61 Å². The topological polar surface area (TPSA) is 75.6 Å². The predicted molar refractivity (Wildman–Crippen MR) is 80.1 cm³/mol. The quantitative estimate of drug-likeness (QED) is 0.771. The lowest BCUT2D eigenvalue weighted by atomic mass is 10.0. The summed E-state index contributed by atoms with van der Waals surface area (Å²) >= 11 is 0. The Balaban J connectivity index is 2.39. The molecule has 2 unspecified atom stereocenters. The minimum absolute atomic E-state index is 0.154. The number of carbonyl (C=O) groups is 2. The third kappa shape index (κ3) is 5.85. The predicted octanol–water partition coefficient (Wildman–Crippen LogP) is 2.32. The molecule has 0 aliphatic carbocycles. The van der Waals surface area contributed by atoms with Crippen molar-refractivity contribution in [3.05, 3.63) is 30.3 Å². The Hall–Kier alpha value is -2.04. The van der Waals surface area contributed by atoms with Gasteiger partial charge in [-0.2, -0.15) is 0 Å². The van der Waals surface area contributed by atoms with Crippen molar-refractivity contribution in [3.8, 4) is 5.75 Å². The average molecular weight is 293 g/mol. The molecule has 0 bridgehead atoms.